The number of amides is 2. The Morgan fingerprint density at radius 3 is 2.52 bits per heavy atom. The molecule has 0 bridgehead atoms. The number of piperidine rings is 1. The van der Waals surface area contributed by atoms with Gasteiger partial charge in [-0.05, 0) is 43.2 Å². The standard InChI is InChI=1S/C24H29Cl2N3O4/c1-28(2)23(30)16-32-19-5-3-4-17(14-19)24(31)27-10-13-29-11-8-18(9-12-29)33-20-6-7-21(25)22(26)15-20/h3-7,14-15,18H,8-13,16H2,1-2H3,(H,27,31). The first-order valence-corrected chi connectivity index (χ1v) is 11.6. The lowest BCUT2D eigenvalue weighted by molar-refractivity contribution is -0.130. The summed E-state index contributed by atoms with van der Waals surface area (Å²) in [5.74, 6) is 0.905. The Hall–Kier alpha value is -2.48. The molecule has 2 amide bonds. The number of ether oxygens (including phenoxy) is 2. The van der Waals surface area contributed by atoms with E-state index >= 15 is 0 Å². The van der Waals surface area contributed by atoms with Gasteiger partial charge in [0.05, 0.1) is 10.0 Å². The van der Waals surface area contributed by atoms with E-state index < -0.39 is 0 Å². The fourth-order valence-corrected chi connectivity index (χ4v) is 3.71. The van der Waals surface area contributed by atoms with Crippen molar-refractivity contribution in [1.82, 2.24) is 15.1 Å². The number of likely N-dealkylation sites (N-methyl/N-ethyl adjacent to an activating group) is 1. The summed E-state index contributed by atoms with van der Waals surface area (Å²) >= 11 is 12.0. The Kier molecular flexibility index (Phi) is 9.23. The van der Waals surface area contributed by atoms with Crippen molar-refractivity contribution in [3.63, 3.8) is 0 Å². The van der Waals surface area contributed by atoms with E-state index in [9.17, 15) is 9.59 Å². The molecule has 0 aliphatic carbocycles. The van der Waals surface area contributed by atoms with Crippen molar-refractivity contribution in [2.75, 3.05) is 46.9 Å². The summed E-state index contributed by atoms with van der Waals surface area (Å²) in [4.78, 5) is 27.9. The van der Waals surface area contributed by atoms with Crippen LogP contribution in [0.1, 0.15) is 23.2 Å². The molecular formula is C24H29Cl2N3O4. The van der Waals surface area contributed by atoms with E-state index in [2.05, 4.69) is 10.2 Å². The van der Waals surface area contributed by atoms with Gasteiger partial charge in [0, 0.05) is 51.9 Å². The Balaban J connectivity index is 1.37. The zero-order valence-electron chi connectivity index (χ0n) is 18.9. The van der Waals surface area contributed by atoms with Crippen LogP contribution in [0.4, 0.5) is 0 Å². The number of nitrogens with zero attached hydrogens (tertiary/aromatic N) is 2. The van der Waals surface area contributed by atoms with Crippen LogP contribution in [-0.2, 0) is 4.79 Å². The van der Waals surface area contributed by atoms with E-state index in [1.165, 1.54) is 4.90 Å². The second kappa shape index (κ2) is 12.1. The summed E-state index contributed by atoms with van der Waals surface area (Å²) in [6, 6.07) is 12.1. The minimum Gasteiger partial charge on any atom is -0.490 e. The summed E-state index contributed by atoms with van der Waals surface area (Å²) in [5.41, 5.74) is 0.499. The Morgan fingerprint density at radius 1 is 1.06 bits per heavy atom. The minimum atomic E-state index is -0.169. The number of carbonyl (C=O) groups is 2. The van der Waals surface area contributed by atoms with Crippen molar-refractivity contribution in [3.05, 3.63) is 58.1 Å². The lowest BCUT2D eigenvalue weighted by atomic mass is 10.1. The van der Waals surface area contributed by atoms with Crippen molar-refractivity contribution < 1.29 is 19.1 Å². The number of benzene rings is 2. The average molecular weight is 494 g/mol. The lowest BCUT2D eigenvalue weighted by Crippen LogP contribution is -2.42. The molecule has 1 saturated heterocycles. The van der Waals surface area contributed by atoms with Crippen molar-refractivity contribution in [2.24, 2.45) is 0 Å². The average Bonchev–Trinajstić information content (AvgIpc) is 2.81. The molecule has 0 spiro atoms. The van der Waals surface area contributed by atoms with E-state index in [-0.39, 0.29) is 24.5 Å². The molecule has 1 fully saturated rings. The van der Waals surface area contributed by atoms with Crippen molar-refractivity contribution in [3.8, 4) is 11.5 Å². The van der Waals surface area contributed by atoms with Crippen LogP contribution in [0.25, 0.3) is 0 Å². The molecule has 1 aliphatic heterocycles. The van der Waals surface area contributed by atoms with Gasteiger partial charge >= 0.3 is 0 Å². The van der Waals surface area contributed by atoms with E-state index in [0.29, 0.717) is 27.9 Å². The van der Waals surface area contributed by atoms with Crippen LogP contribution in [0, 0.1) is 0 Å². The SMILES string of the molecule is CN(C)C(=O)COc1cccc(C(=O)NCCN2CCC(Oc3ccc(Cl)c(Cl)c3)CC2)c1. The molecule has 1 heterocycles. The number of carbonyl (C=O) groups excluding carboxylic acids is 2. The predicted molar refractivity (Wildman–Crippen MR) is 130 cm³/mol. The van der Waals surface area contributed by atoms with Gasteiger partial charge in [0.15, 0.2) is 6.61 Å². The summed E-state index contributed by atoms with van der Waals surface area (Å²) in [5, 5.41) is 3.95. The Bertz CT molecular complexity index is 962. The summed E-state index contributed by atoms with van der Waals surface area (Å²) in [7, 11) is 3.33. The van der Waals surface area contributed by atoms with Crippen molar-refractivity contribution in [2.45, 2.75) is 18.9 Å². The largest absolute Gasteiger partial charge is 0.490 e. The molecule has 7 nitrogen and oxygen atoms in total. The summed E-state index contributed by atoms with van der Waals surface area (Å²) in [6.45, 7) is 3.03. The van der Waals surface area contributed by atoms with Gasteiger partial charge in [0.1, 0.15) is 17.6 Å². The van der Waals surface area contributed by atoms with Crippen LogP contribution in [0.3, 0.4) is 0 Å². The smallest absolute Gasteiger partial charge is 0.259 e. The monoisotopic (exact) mass is 493 g/mol. The Labute approximate surface area is 204 Å². The van der Waals surface area contributed by atoms with Gasteiger partial charge in [-0.2, -0.15) is 0 Å². The number of likely N-dealkylation sites (tertiary alicyclic amines) is 1. The molecule has 0 atom stereocenters. The summed E-state index contributed by atoms with van der Waals surface area (Å²) in [6.07, 6.45) is 1.94. The molecule has 3 rings (SSSR count). The number of rotatable bonds is 9. The predicted octanol–water partition coefficient (Wildman–Crippen LogP) is 3.73. The molecule has 9 heteroatoms. The lowest BCUT2D eigenvalue weighted by Gasteiger charge is -2.32. The first-order chi connectivity index (χ1) is 15.8. The maximum Gasteiger partial charge on any atom is 0.259 e. The minimum absolute atomic E-state index is 0.0667. The van der Waals surface area contributed by atoms with Gasteiger partial charge in [0.2, 0.25) is 0 Å². The van der Waals surface area contributed by atoms with Gasteiger partial charge in [-0.1, -0.05) is 29.3 Å². The first kappa shape index (κ1) is 25.1. The highest BCUT2D eigenvalue weighted by Gasteiger charge is 2.21. The molecule has 1 aliphatic rings. The molecule has 1 N–H and O–H groups in total. The van der Waals surface area contributed by atoms with Crippen LogP contribution in [0.15, 0.2) is 42.5 Å². The molecule has 0 unspecified atom stereocenters. The van der Waals surface area contributed by atoms with Crippen molar-refractivity contribution in [1.29, 1.82) is 0 Å². The van der Waals surface area contributed by atoms with E-state index in [0.717, 1.165) is 38.2 Å². The van der Waals surface area contributed by atoms with Gasteiger partial charge in [-0.3, -0.25) is 9.59 Å². The third-order valence-corrected chi connectivity index (χ3v) is 6.14. The molecule has 178 valence electrons. The summed E-state index contributed by atoms with van der Waals surface area (Å²) < 4.78 is 11.5. The van der Waals surface area contributed by atoms with Crippen LogP contribution in [-0.4, -0.2) is 74.6 Å². The normalized spacial score (nSPS) is 14.5. The maximum absolute atomic E-state index is 12.5. The van der Waals surface area contributed by atoms with Crippen LogP contribution >= 0.6 is 23.2 Å². The Morgan fingerprint density at radius 2 is 1.82 bits per heavy atom. The zero-order chi connectivity index (χ0) is 23.8. The molecule has 0 aromatic heterocycles. The van der Waals surface area contributed by atoms with Crippen LogP contribution in [0.5, 0.6) is 11.5 Å². The number of hydrogen-bond acceptors (Lipinski definition) is 5. The molecular weight excluding hydrogens is 465 g/mol. The maximum atomic E-state index is 12.5. The van der Waals surface area contributed by atoms with Crippen LogP contribution in [0.2, 0.25) is 10.0 Å². The number of halogens is 2. The number of hydrogen-bond donors (Lipinski definition) is 1. The zero-order valence-corrected chi connectivity index (χ0v) is 20.4. The highest BCUT2D eigenvalue weighted by molar-refractivity contribution is 6.42. The second-order valence-corrected chi connectivity index (χ2v) is 8.91. The van der Waals surface area contributed by atoms with Gasteiger partial charge < -0.3 is 24.6 Å². The fraction of sp³-hybridized carbons (Fsp3) is 0.417. The van der Waals surface area contributed by atoms with E-state index in [1.54, 1.807) is 50.5 Å². The molecule has 2 aromatic carbocycles. The quantitative estimate of drug-likeness (QED) is 0.576. The molecule has 0 saturated carbocycles. The van der Waals surface area contributed by atoms with Gasteiger partial charge in [-0.25, -0.2) is 0 Å². The first-order valence-electron chi connectivity index (χ1n) is 10.9. The third-order valence-electron chi connectivity index (χ3n) is 5.40. The van der Waals surface area contributed by atoms with Gasteiger partial charge in [0.25, 0.3) is 11.8 Å². The topological polar surface area (TPSA) is 71.1 Å². The van der Waals surface area contributed by atoms with Crippen molar-refractivity contribution >= 4 is 35.0 Å². The fourth-order valence-electron chi connectivity index (χ4n) is 3.42. The molecule has 0 radical (unpaired) electrons. The van der Waals surface area contributed by atoms with E-state index in [1.807, 2.05) is 6.07 Å². The number of nitrogens with one attached hydrogen (secondary N) is 1. The highest BCUT2D eigenvalue weighted by Crippen LogP contribution is 2.28. The molecule has 33 heavy (non-hydrogen) atoms. The second-order valence-electron chi connectivity index (χ2n) is 8.10. The molecule has 2 aromatic rings. The van der Waals surface area contributed by atoms with Gasteiger partial charge in [-0.15, -0.1) is 0 Å². The third kappa shape index (κ3) is 7.81. The van der Waals surface area contributed by atoms with E-state index in [4.69, 9.17) is 32.7 Å². The van der Waals surface area contributed by atoms with Crippen LogP contribution < -0.4 is 14.8 Å². The highest BCUT2D eigenvalue weighted by atomic mass is 35.5.